The third-order valence-electron chi connectivity index (χ3n) is 10.6. The maximum Gasteiger partial charge on any atom is 0.152 e. The minimum absolute atomic E-state index is 0.133. The zero-order valence-corrected chi connectivity index (χ0v) is 31.7. The van der Waals surface area contributed by atoms with Crippen LogP contribution < -0.4 is 9.80 Å². The molecule has 1 N–H and O–H groups in total. The Kier molecular flexibility index (Phi) is 11.5. The van der Waals surface area contributed by atoms with Gasteiger partial charge >= 0.3 is 0 Å². The van der Waals surface area contributed by atoms with Gasteiger partial charge in [-0.1, -0.05) is 136 Å². The molecular weight excluding hydrogens is 673 g/mol. The molecule has 4 aromatic rings. The fourth-order valence-corrected chi connectivity index (χ4v) is 9.14. The van der Waals surface area contributed by atoms with Gasteiger partial charge in [-0.2, -0.15) is 0 Å². The van der Waals surface area contributed by atoms with Crippen LogP contribution in [-0.2, 0) is 33.0 Å². The quantitative estimate of drug-likeness (QED) is 0.0794. The average molecular weight is 722 g/mol. The second-order valence-corrected chi connectivity index (χ2v) is 16.7. The van der Waals surface area contributed by atoms with Gasteiger partial charge in [-0.15, -0.1) is 0 Å². The fraction of sp³-hybridized carbons (Fsp3) is 0.349. The molecule has 0 spiro atoms. The van der Waals surface area contributed by atoms with E-state index in [4.69, 9.17) is 0 Å². The van der Waals surface area contributed by atoms with E-state index in [-0.39, 0.29) is 22.6 Å². The van der Waals surface area contributed by atoms with E-state index < -0.39 is 22.2 Å². The summed E-state index contributed by atoms with van der Waals surface area (Å²) in [6.45, 7) is 10.8. The van der Waals surface area contributed by atoms with Gasteiger partial charge in [-0.05, 0) is 76.6 Å². The molecule has 0 aliphatic carbocycles. The van der Waals surface area contributed by atoms with Gasteiger partial charge in [0.25, 0.3) is 0 Å². The summed E-state index contributed by atoms with van der Waals surface area (Å²) >= 11 is -3.79. The molecule has 3 atom stereocenters. The molecule has 0 fully saturated rings. The number of fused-ring (bicyclic) bond motifs is 6. The third kappa shape index (κ3) is 7.70. The molecule has 51 heavy (non-hydrogen) atoms. The van der Waals surface area contributed by atoms with E-state index >= 15 is 0 Å². The van der Waals surface area contributed by atoms with Crippen LogP contribution in [0.4, 0.5) is 11.4 Å². The van der Waals surface area contributed by atoms with Gasteiger partial charge in [0, 0.05) is 52.5 Å². The van der Waals surface area contributed by atoms with Crippen LogP contribution in [0.3, 0.4) is 0 Å². The van der Waals surface area contributed by atoms with Crippen molar-refractivity contribution < 1.29 is 17.5 Å². The van der Waals surface area contributed by atoms with Crippen LogP contribution in [0.2, 0.25) is 0 Å². The van der Waals surface area contributed by atoms with Crippen LogP contribution in [0.25, 0.3) is 21.5 Å². The van der Waals surface area contributed by atoms with Crippen molar-refractivity contribution in [1.29, 1.82) is 0 Å². The molecular formula is C43H49N2O4S2-. The lowest BCUT2D eigenvalue weighted by Crippen LogP contribution is -2.40. The van der Waals surface area contributed by atoms with Crippen molar-refractivity contribution in [2.75, 3.05) is 34.4 Å². The Morgan fingerprint density at radius 2 is 1.29 bits per heavy atom. The summed E-state index contributed by atoms with van der Waals surface area (Å²) in [6.07, 6.45) is 17.9. The lowest BCUT2D eigenvalue weighted by Gasteiger charge is -2.32. The van der Waals surface area contributed by atoms with E-state index in [2.05, 4.69) is 153 Å². The van der Waals surface area contributed by atoms with E-state index in [1.165, 1.54) is 49.7 Å². The van der Waals surface area contributed by atoms with Crippen molar-refractivity contribution in [3.8, 4) is 0 Å². The van der Waals surface area contributed by atoms with Crippen LogP contribution in [-0.4, -0.2) is 48.2 Å². The first-order chi connectivity index (χ1) is 24.5. The number of allylic oxidation sites excluding steroid dienone is 7. The van der Waals surface area contributed by atoms with Crippen LogP contribution in [0.15, 0.2) is 121 Å². The highest BCUT2D eigenvalue weighted by molar-refractivity contribution is 7.79. The van der Waals surface area contributed by atoms with E-state index in [0.29, 0.717) is 18.6 Å². The van der Waals surface area contributed by atoms with Crippen molar-refractivity contribution in [3.05, 3.63) is 132 Å². The van der Waals surface area contributed by atoms with Crippen LogP contribution in [0.1, 0.15) is 64.5 Å². The average Bonchev–Trinajstić information content (AvgIpc) is 3.46. The molecule has 0 saturated carbocycles. The van der Waals surface area contributed by atoms with Crippen molar-refractivity contribution in [2.24, 2.45) is 0 Å². The second kappa shape index (κ2) is 15.8. The van der Waals surface area contributed by atoms with Crippen LogP contribution in [0.5, 0.6) is 0 Å². The Hall–Kier alpha value is -3.82. The highest BCUT2D eigenvalue weighted by Gasteiger charge is 2.44. The number of benzene rings is 4. The SMILES string of the molecule is CC1(C)\C(=C/C=C/C=C/C=C/C2N(CCCCS(=O)O)c3ccc4ccccc4c3C2(C)C)N(CCCCS(=O)[O-])c2ccc3ccccc3c21. The van der Waals surface area contributed by atoms with Gasteiger partial charge in [0.15, 0.2) is 11.1 Å². The summed E-state index contributed by atoms with van der Waals surface area (Å²) in [4.78, 5) is 4.85. The maximum absolute atomic E-state index is 11.3. The van der Waals surface area contributed by atoms with Gasteiger partial charge in [-0.3, -0.25) is 4.21 Å². The smallest absolute Gasteiger partial charge is 0.152 e. The molecule has 0 radical (unpaired) electrons. The zero-order valence-electron chi connectivity index (χ0n) is 30.1. The summed E-state index contributed by atoms with van der Waals surface area (Å²) in [5.74, 6) is 0.484. The Morgan fingerprint density at radius 1 is 0.706 bits per heavy atom. The lowest BCUT2D eigenvalue weighted by molar-refractivity contribution is 0.473. The zero-order chi connectivity index (χ0) is 36.2. The van der Waals surface area contributed by atoms with E-state index in [1.807, 2.05) is 0 Å². The first kappa shape index (κ1) is 37.0. The number of anilines is 2. The summed E-state index contributed by atoms with van der Waals surface area (Å²) in [7, 11) is 0. The number of rotatable bonds is 14. The fourth-order valence-electron chi connectivity index (χ4n) is 8.25. The monoisotopic (exact) mass is 721 g/mol. The predicted octanol–water partition coefficient (Wildman–Crippen LogP) is 9.47. The largest absolute Gasteiger partial charge is 0.772 e. The molecule has 0 saturated heterocycles. The minimum Gasteiger partial charge on any atom is -0.772 e. The molecule has 268 valence electrons. The standard InChI is InChI=1S/C43H50N2O4S2/c1-42(2)38(44(28-14-16-30-50(46)47)36-26-24-32-18-10-12-20-34(32)40(36)42)22-8-6-5-7-9-23-39-43(3,4)41-35-21-13-11-19-33(35)25-27-37(41)45(39)29-15-17-31-51(48)49/h5-13,18-27,38H,14-17,28-31H2,1-4H3,(H,46,47)(H,48,49)/p-1/b6-5+,9-7+,22-8+,39-23+. The minimum atomic E-state index is -2.02. The summed E-state index contributed by atoms with van der Waals surface area (Å²) in [6, 6.07) is 26.1. The Morgan fingerprint density at radius 3 is 1.98 bits per heavy atom. The van der Waals surface area contributed by atoms with Crippen molar-refractivity contribution >= 4 is 55.1 Å². The van der Waals surface area contributed by atoms with Crippen LogP contribution >= 0.6 is 0 Å². The molecule has 2 heterocycles. The highest BCUT2D eigenvalue weighted by atomic mass is 32.2. The van der Waals surface area contributed by atoms with Crippen molar-refractivity contribution in [3.63, 3.8) is 0 Å². The summed E-state index contributed by atoms with van der Waals surface area (Å²) in [5, 5.41) is 5.00. The molecule has 0 amide bonds. The van der Waals surface area contributed by atoms with Gasteiger partial charge in [-0.25, -0.2) is 4.21 Å². The first-order valence-electron chi connectivity index (χ1n) is 18.0. The summed E-state index contributed by atoms with van der Waals surface area (Å²) in [5.41, 5.74) is 5.95. The normalized spacial score (nSPS) is 20.0. The Labute approximate surface area is 308 Å². The van der Waals surface area contributed by atoms with Crippen LogP contribution in [0, 0.1) is 0 Å². The van der Waals surface area contributed by atoms with Gasteiger partial charge in [0.05, 0.1) is 6.04 Å². The van der Waals surface area contributed by atoms with E-state index in [1.54, 1.807) is 0 Å². The number of unbranched alkanes of at least 4 members (excludes halogenated alkanes) is 2. The highest BCUT2D eigenvalue weighted by Crippen LogP contribution is 2.51. The molecule has 8 heteroatoms. The third-order valence-corrected chi connectivity index (χ3v) is 11.9. The molecule has 2 aliphatic rings. The van der Waals surface area contributed by atoms with E-state index in [9.17, 15) is 17.5 Å². The van der Waals surface area contributed by atoms with Gasteiger partial charge in [0.2, 0.25) is 0 Å². The Balaban J connectivity index is 1.23. The van der Waals surface area contributed by atoms with Gasteiger partial charge in [0.1, 0.15) is 0 Å². The number of nitrogens with zero attached hydrogens (tertiary/aromatic N) is 2. The molecule has 0 bridgehead atoms. The molecule has 3 unspecified atom stereocenters. The lowest BCUT2D eigenvalue weighted by atomic mass is 9.78. The second-order valence-electron chi connectivity index (χ2n) is 14.7. The molecule has 6 rings (SSSR count). The molecule has 0 aromatic heterocycles. The summed E-state index contributed by atoms with van der Waals surface area (Å²) < 4.78 is 43.0. The number of hydrogen-bond acceptors (Lipinski definition) is 5. The maximum atomic E-state index is 11.3. The van der Waals surface area contributed by atoms with Gasteiger partial charge < -0.3 is 18.9 Å². The number of hydrogen-bond donors (Lipinski definition) is 1. The first-order valence-corrected chi connectivity index (χ1v) is 20.5. The van der Waals surface area contributed by atoms with E-state index in [0.717, 1.165) is 25.9 Å². The molecule has 4 aromatic carbocycles. The topological polar surface area (TPSA) is 83.9 Å². The Bertz CT molecular complexity index is 2060. The predicted molar refractivity (Wildman–Crippen MR) is 216 cm³/mol. The molecule has 2 aliphatic heterocycles. The van der Waals surface area contributed by atoms with Crippen molar-refractivity contribution in [2.45, 2.75) is 70.3 Å². The molecule has 6 nitrogen and oxygen atoms in total. The van der Waals surface area contributed by atoms with Crippen molar-refractivity contribution in [1.82, 2.24) is 0 Å².